The molecule has 0 aliphatic carbocycles. The summed E-state index contributed by atoms with van der Waals surface area (Å²) in [5.41, 5.74) is 0. The molecule has 1 heteroatoms. The highest BCUT2D eigenvalue weighted by Gasteiger charge is 2.08. The van der Waals surface area contributed by atoms with Gasteiger partial charge in [-0.05, 0) is 37.5 Å². The molecule has 76 valence electrons. The van der Waals surface area contributed by atoms with Crippen LogP contribution in [-0.4, -0.2) is 0 Å². The van der Waals surface area contributed by atoms with E-state index in [-0.39, 0.29) is 0 Å². The lowest BCUT2D eigenvalue weighted by molar-refractivity contribution is 0.428. The topological polar surface area (TPSA) is 23.8 Å². The molecule has 0 rings (SSSR count). The minimum Gasteiger partial charge on any atom is -0.198 e. The lowest BCUT2D eigenvalue weighted by atomic mass is 9.92. The van der Waals surface area contributed by atoms with Crippen LogP contribution >= 0.6 is 0 Å². The van der Waals surface area contributed by atoms with E-state index in [1.807, 2.05) is 0 Å². The molecule has 1 nitrogen and oxygen atoms in total. The van der Waals surface area contributed by atoms with Gasteiger partial charge in [0.1, 0.15) is 0 Å². The molecule has 0 saturated heterocycles. The van der Waals surface area contributed by atoms with E-state index in [4.69, 9.17) is 5.26 Å². The summed E-state index contributed by atoms with van der Waals surface area (Å²) in [4.78, 5) is 0. The van der Waals surface area contributed by atoms with E-state index in [2.05, 4.69) is 33.8 Å². The van der Waals surface area contributed by atoms with Crippen LogP contribution < -0.4 is 0 Å². The van der Waals surface area contributed by atoms with Gasteiger partial charge in [0.15, 0.2) is 0 Å². The molecule has 0 fully saturated rings. The zero-order valence-corrected chi connectivity index (χ0v) is 9.51. The Morgan fingerprint density at radius 3 is 1.46 bits per heavy atom. The number of rotatable bonds is 6. The van der Waals surface area contributed by atoms with Crippen LogP contribution in [-0.2, 0) is 0 Å². The average Bonchev–Trinajstić information content (AvgIpc) is 2.04. The Hall–Kier alpha value is -0.510. The second-order valence-corrected chi connectivity index (χ2v) is 4.77. The van der Waals surface area contributed by atoms with Crippen molar-refractivity contribution in [2.75, 3.05) is 0 Å². The van der Waals surface area contributed by atoms with Crippen LogP contribution in [0.2, 0.25) is 0 Å². The summed E-state index contributed by atoms with van der Waals surface area (Å²) in [6.45, 7) is 8.88. The van der Waals surface area contributed by atoms with Gasteiger partial charge < -0.3 is 0 Å². The molecule has 0 aromatic heterocycles. The third kappa shape index (κ3) is 7.84. The van der Waals surface area contributed by atoms with E-state index in [0.717, 1.165) is 24.7 Å². The van der Waals surface area contributed by atoms with E-state index in [1.165, 1.54) is 12.8 Å². The number of hydrogen-bond acceptors (Lipinski definition) is 1. The van der Waals surface area contributed by atoms with Crippen LogP contribution in [0.1, 0.15) is 53.4 Å². The minimum absolute atomic E-state index is 0.296. The summed E-state index contributed by atoms with van der Waals surface area (Å²) in [6.07, 6.45) is 4.55. The van der Waals surface area contributed by atoms with Gasteiger partial charge in [-0.1, -0.05) is 27.7 Å². The van der Waals surface area contributed by atoms with Crippen molar-refractivity contribution >= 4 is 0 Å². The Kier molecular flexibility index (Phi) is 6.68. The second kappa shape index (κ2) is 6.95. The summed E-state index contributed by atoms with van der Waals surface area (Å²) >= 11 is 0. The average molecular weight is 181 g/mol. The molecule has 13 heavy (non-hydrogen) atoms. The van der Waals surface area contributed by atoms with Crippen LogP contribution in [0.3, 0.4) is 0 Å². The lowest BCUT2D eigenvalue weighted by Gasteiger charge is -2.11. The molecule has 0 saturated carbocycles. The van der Waals surface area contributed by atoms with Gasteiger partial charge in [-0.25, -0.2) is 0 Å². The van der Waals surface area contributed by atoms with Gasteiger partial charge >= 0.3 is 0 Å². The predicted molar refractivity (Wildman–Crippen MR) is 57.2 cm³/mol. The summed E-state index contributed by atoms with van der Waals surface area (Å²) in [6, 6.07) is 2.41. The van der Waals surface area contributed by atoms with Gasteiger partial charge in [-0.2, -0.15) is 5.26 Å². The van der Waals surface area contributed by atoms with Crippen molar-refractivity contribution in [3.05, 3.63) is 0 Å². The SMILES string of the molecule is CC(C)CCC(C#N)CCC(C)C. The van der Waals surface area contributed by atoms with Gasteiger partial charge in [0.05, 0.1) is 6.07 Å². The predicted octanol–water partition coefficient (Wildman–Crippen LogP) is 4.00. The molecule has 0 aromatic carbocycles. The third-order valence-corrected chi connectivity index (χ3v) is 2.37. The summed E-state index contributed by atoms with van der Waals surface area (Å²) in [7, 11) is 0. The van der Waals surface area contributed by atoms with Crippen molar-refractivity contribution in [3.63, 3.8) is 0 Å². The fourth-order valence-electron chi connectivity index (χ4n) is 1.34. The normalized spacial score (nSPS) is 11.2. The first-order chi connectivity index (χ1) is 6.06. The Bertz CT molecular complexity index is 141. The number of hydrogen-bond donors (Lipinski definition) is 0. The van der Waals surface area contributed by atoms with Crippen molar-refractivity contribution in [2.45, 2.75) is 53.4 Å². The monoisotopic (exact) mass is 181 g/mol. The molecular weight excluding hydrogens is 158 g/mol. The van der Waals surface area contributed by atoms with E-state index in [0.29, 0.717) is 5.92 Å². The molecular formula is C12H23N. The smallest absolute Gasteiger partial charge is 0.0655 e. The first kappa shape index (κ1) is 12.5. The summed E-state index contributed by atoms with van der Waals surface area (Å²) in [5, 5.41) is 8.90. The molecule has 0 unspecified atom stereocenters. The molecule has 0 spiro atoms. The van der Waals surface area contributed by atoms with Crippen molar-refractivity contribution in [3.8, 4) is 6.07 Å². The van der Waals surface area contributed by atoms with Gasteiger partial charge in [0.2, 0.25) is 0 Å². The second-order valence-electron chi connectivity index (χ2n) is 4.77. The first-order valence-corrected chi connectivity index (χ1v) is 5.45. The quantitative estimate of drug-likeness (QED) is 0.607. The van der Waals surface area contributed by atoms with Crippen LogP contribution in [0.15, 0.2) is 0 Å². The van der Waals surface area contributed by atoms with Crippen LogP contribution in [0, 0.1) is 29.1 Å². The summed E-state index contributed by atoms with van der Waals surface area (Å²) < 4.78 is 0. The molecule has 0 N–H and O–H groups in total. The van der Waals surface area contributed by atoms with Crippen molar-refractivity contribution in [1.82, 2.24) is 0 Å². The fraction of sp³-hybridized carbons (Fsp3) is 0.917. The van der Waals surface area contributed by atoms with Crippen LogP contribution in [0.25, 0.3) is 0 Å². The molecule has 0 aliphatic rings. The Morgan fingerprint density at radius 1 is 0.846 bits per heavy atom. The first-order valence-electron chi connectivity index (χ1n) is 5.45. The Morgan fingerprint density at radius 2 is 1.23 bits per heavy atom. The van der Waals surface area contributed by atoms with Crippen molar-refractivity contribution < 1.29 is 0 Å². The highest BCUT2D eigenvalue weighted by molar-refractivity contribution is 4.82. The van der Waals surface area contributed by atoms with Gasteiger partial charge in [-0.15, -0.1) is 0 Å². The third-order valence-electron chi connectivity index (χ3n) is 2.37. The van der Waals surface area contributed by atoms with E-state index in [9.17, 15) is 0 Å². The highest BCUT2D eigenvalue weighted by atomic mass is 14.3. The highest BCUT2D eigenvalue weighted by Crippen LogP contribution is 2.18. The maximum absolute atomic E-state index is 8.90. The summed E-state index contributed by atoms with van der Waals surface area (Å²) in [5.74, 6) is 1.76. The molecule has 0 heterocycles. The number of nitriles is 1. The molecule has 0 bridgehead atoms. The minimum atomic E-state index is 0.296. The lowest BCUT2D eigenvalue weighted by Crippen LogP contribution is -2.01. The van der Waals surface area contributed by atoms with E-state index < -0.39 is 0 Å². The van der Waals surface area contributed by atoms with E-state index >= 15 is 0 Å². The largest absolute Gasteiger partial charge is 0.198 e. The number of nitrogens with zero attached hydrogens (tertiary/aromatic N) is 1. The fourth-order valence-corrected chi connectivity index (χ4v) is 1.34. The zero-order chi connectivity index (χ0) is 10.3. The van der Waals surface area contributed by atoms with Gasteiger partial charge in [0.25, 0.3) is 0 Å². The molecule has 0 amide bonds. The standard InChI is InChI=1S/C12H23N/c1-10(2)5-7-12(9-13)8-6-11(3)4/h10-12H,5-8H2,1-4H3. The molecule has 0 atom stereocenters. The van der Waals surface area contributed by atoms with Crippen molar-refractivity contribution in [2.24, 2.45) is 17.8 Å². The van der Waals surface area contributed by atoms with Crippen LogP contribution in [0.5, 0.6) is 0 Å². The Labute approximate surface area is 83.1 Å². The maximum atomic E-state index is 8.90. The Balaban J connectivity index is 3.59. The van der Waals surface area contributed by atoms with Crippen molar-refractivity contribution in [1.29, 1.82) is 5.26 Å². The zero-order valence-electron chi connectivity index (χ0n) is 9.51. The van der Waals surface area contributed by atoms with Gasteiger partial charge in [0, 0.05) is 5.92 Å². The molecule has 0 radical (unpaired) electrons. The van der Waals surface area contributed by atoms with Crippen LogP contribution in [0.4, 0.5) is 0 Å². The van der Waals surface area contributed by atoms with Gasteiger partial charge in [-0.3, -0.25) is 0 Å². The maximum Gasteiger partial charge on any atom is 0.0655 e. The molecule has 0 aliphatic heterocycles. The van der Waals surface area contributed by atoms with E-state index in [1.54, 1.807) is 0 Å². The molecule has 0 aromatic rings.